The molecule has 1 aromatic carbocycles. The van der Waals surface area contributed by atoms with Crippen LogP contribution < -0.4 is 0 Å². The molecule has 0 amide bonds. The van der Waals surface area contributed by atoms with Crippen molar-refractivity contribution in [3.05, 3.63) is 29.0 Å². The summed E-state index contributed by atoms with van der Waals surface area (Å²) in [5.41, 5.74) is 1.95. The molecule has 0 spiro atoms. The van der Waals surface area contributed by atoms with Gasteiger partial charge < -0.3 is 10.1 Å². The van der Waals surface area contributed by atoms with Gasteiger partial charge in [0.15, 0.2) is 0 Å². The van der Waals surface area contributed by atoms with Crippen LogP contribution in [0.2, 0.25) is 5.02 Å². The maximum atomic E-state index is 8.99. The van der Waals surface area contributed by atoms with Gasteiger partial charge in [0.1, 0.15) is 5.82 Å². The number of piperazine rings is 1. The number of hydrogen-bond acceptors (Lipinski definition) is 4. The number of rotatable bonds is 4. The lowest BCUT2D eigenvalue weighted by Crippen LogP contribution is -2.47. The zero-order valence-corrected chi connectivity index (χ0v) is 13.0. The highest BCUT2D eigenvalue weighted by Gasteiger charge is 2.23. The number of aliphatic hydroxyl groups is 1. The number of aromatic amines is 1. The Bertz CT molecular complexity index is 607. The summed E-state index contributed by atoms with van der Waals surface area (Å²) in [4.78, 5) is 12.8. The highest BCUT2D eigenvalue weighted by Crippen LogP contribution is 2.23. The molecule has 114 valence electrons. The number of benzene rings is 1. The van der Waals surface area contributed by atoms with Crippen LogP contribution in [0.25, 0.3) is 11.0 Å². The van der Waals surface area contributed by atoms with E-state index in [1.54, 1.807) is 0 Å². The first kappa shape index (κ1) is 14.8. The van der Waals surface area contributed by atoms with Gasteiger partial charge in [0, 0.05) is 37.7 Å². The zero-order chi connectivity index (χ0) is 14.8. The Labute approximate surface area is 129 Å². The van der Waals surface area contributed by atoms with Crippen molar-refractivity contribution in [1.82, 2.24) is 19.8 Å². The van der Waals surface area contributed by atoms with Crippen LogP contribution in [0.15, 0.2) is 18.2 Å². The van der Waals surface area contributed by atoms with Gasteiger partial charge in [0.25, 0.3) is 0 Å². The maximum Gasteiger partial charge on any atom is 0.124 e. The minimum Gasteiger partial charge on any atom is -0.395 e. The molecule has 1 fully saturated rings. The van der Waals surface area contributed by atoms with Gasteiger partial charge in [-0.1, -0.05) is 11.6 Å². The molecular formula is C15H21ClN4O. The highest BCUT2D eigenvalue weighted by atomic mass is 35.5. The lowest BCUT2D eigenvalue weighted by molar-refractivity contribution is 0.0865. The second-order valence-corrected chi connectivity index (χ2v) is 6.00. The standard InChI is InChI=1S/C15H21ClN4O/c1-11(20-6-4-19(5-7-20)8-9-21)15-17-13-3-2-12(16)10-14(13)18-15/h2-3,10-11,21H,4-9H2,1H3,(H,17,18). The Hall–Kier alpha value is -1.14. The van der Waals surface area contributed by atoms with Crippen molar-refractivity contribution < 1.29 is 5.11 Å². The maximum absolute atomic E-state index is 8.99. The van der Waals surface area contributed by atoms with E-state index < -0.39 is 0 Å². The van der Waals surface area contributed by atoms with E-state index >= 15 is 0 Å². The van der Waals surface area contributed by atoms with E-state index in [0.717, 1.165) is 54.6 Å². The van der Waals surface area contributed by atoms with Crippen LogP contribution in [0, 0.1) is 0 Å². The Balaban J connectivity index is 1.70. The first-order valence-electron chi connectivity index (χ1n) is 7.40. The molecule has 2 aromatic rings. The van der Waals surface area contributed by atoms with Gasteiger partial charge in [0.05, 0.1) is 23.7 Å². The Kier molecular flexibility index (Phi) is 4.45. The second kappa shape index (κ2) is 6.32. The van der Waals surface area contributed by atoms with Gasteiger partial charge in [-0.25, -0.2) is 4.98 Å². The third-order valence-electron chi connectivity index (χ3n) is 4.23. The molecule has 1 aliphatic heterocycles. The van der Waals surface area contributed by atoms with E-state index in [4.69, 9.17) is 16.7 Å². The Morgan fingerprint density at radius 2 is 2.10 bits per heavy atom. The second-order valence-electron chi connectivity index (χ2n) is 5.56. The van der Waals surface area contributed by atoms with E-state index in [1.165, 1.54) is 0 Å². The van der Waals surface area contributed by atoms with Crippen LogP contribution in [0.5, 0.6) is 0 Å². The number of imidazole rings is 1. The van der Waals surface area contributed by atoms with Crippen molar-refractivity contribution in [2.24, 2.45) is 0 Å². The normalized spacial score (nSPS) is 19.2. The van der Waals surface area contributed by atoms with Gasteiger partial charge in [0.2, 0.25) is 0 Å². The van der Waals surface area contributed by atoms with E-state index in [2.05, 4.69) is 26.7 Å². The summed E-state index contributed by atoms with van der Waals surface area (Å²) in [7, 11) is 0. The number of nitrogens with one attached hydrogen (secondary N) is 1. The average Bonchev–Trinajstić information content (AvgIpc) is 2.90. The van der Waals surface area contributed by atoms with Crippen molar-refractivity contribution in [3.63, 3.8) is 0 Å². The number of aromatic nitrogens is 2. The van der Waals surface area contributed by atoms with E-state index in [9.17, 15) is 0 Å². The molecule has 21 heavy (non-hydrogen) atoms. The van der Waals surface area contributed by atoms with Crippen molar-refractivity contribution >= 4 is 22.6 Å². The van der Waals surface area contributed by atoms with Crippen LogP contribution in [0.3, 0.4) is 0 Å². The molecular weight excluding hydrogens is 288 g/mol. The van der Waals surface area contributed by atoms with Crippen molar-refractivity contribution in [3.8, 4) is 0 Å². The molecule has 5 nitrogen and oxygen atoms in total. The van der Waals surface area contributed by atoms with Crippen LogP contribution in [0.4, 0.5) is 0 Å². The molecule has 6 heteroatoms. The molecule has 1 atom stereocenters. The summed E-state index contributed by atoms with van der Waals surface area (Å²) in [5.74, 6) is 0.989. The summed E-state index contributed by atoms with van der Waals surface area (Å²) in [6.07, 6.45) is 0. The first-order chi connectivity index (χ1) is 10.2. The summed E-state index contributed by atoms with van der Waals surface area (Å²) >= 11 is 6.02. The molecule has 0 saturated carbocycles. The van der Waals surface area contributed by atoms with Gasteiger partial charge in [-0.3, -0.25) is 9.80 Å². The molecule has 0 aliphatic carbocycles. The first-order valence-corrected chi connectivity index (χ1v) is 7.77. The topological polar surface area (TPSA) is 55.4 Å². The molecule has 1 saturated heterocycles. The predicted octanol–water partition coefficient (Wildman–Crippen LogP) is 1.89. The molecule has 1 unspecified atom stereocenters. The fourth-order valence-corrected chi connectivity index (χ4v) is 3.06. The zero-order valence-electron chi connectivity index (χ0n) is 12.2. The van der Waals surface area contributed by atoms with Crippen LogP contribution in [-0.2, 0) is 0 Å². The predicted molar refractivity (Wildman–Crippen MR) is 84.6 cm³/mol. The number of fused-ring (bicyclic) bond motifs is 1. The van der Waals surface area contributed by atoms with Gasteiger partial charge in [-0.05, 0) is 25.1 Å². The fourth-order valence-electron chi connectivity index (χ4n) is 2.89. The van der Waals surface area contributed by atoms with E-state index in [1.807, 2.05) is 18.2 Å². The van der Waals surface area contributed by atoms with Crippen molar-refractivity contribution in [1.29, 1.82) is 0 Å². The minimum atomic E-state index is 0.236. The number of halogens is 1. The van der Waals surface area contributed by atoms with E-state index in [0.29, 0.717) is 0 Å². The summed E-state index contributed by atoms with van der Waals surface area (Å²) in [6, 6.07) is 5.99. The molecule has 2 N–H and O–H groups in total. The fraction of sp³-hybridized carbons (Fsp3) is 0.533. The summed E-state index contributed by atoms with van der Waals surface area (Å²) in [5, 5.41) is 9.72. The van der Waals surface area contributed by atoms with Crippen LogP contribution in [-0.4, -0.2) is 64.2 Å². The van der Waals surface area contributed by atoms with Crippen molar-refractivity contribution in [2.45, 2.75) is 13.0 Å². The number of nitrogens with zero attached hydrogens (tertiary/aromatic N) is 3. The lowest BCUT2D eigenvalue weighted by Gasteiger charge is -2.37. The van der Waals surface area contributed by atoms with Crippen LogP contribution in [0.1, 0.15) is 18.8 Å². The number of aliphatic hydroxyl groups excluding tert-OH is 1. The summed E-state index contributed by atoms with van der Waals surface area (Å²) in [6.45, 7) is 7.18. The average molecular weight is 309 g/mol. The molecule has 0 bridgehead atoms. The number of β-amino-alcohol motifs (C(OH)–C–C–N with tert-alkyl or cyclic N) is 1. The van der Waals surface area contributed by atoms with Crippen LogP contribution >= 0.6 is 11.6 Å². The number of hydrogen-bond donors (Lipinski definition) is 2. The molecule has 3 rings (SSSR count). The SMILES string of the molecule is CC(c1nc2ccc(Cl)cc2[nH]1)N1CCN(CCO)CC1. The molecule has 1 aromatic heterocycles. The Morgan fingerprint density at radius 3 is 2.81 bits per heavy atom. The van der Waals surface area contributed by atoms with Gasteiger partial charge >= 0.3 is 0 Å². The van der Waals surface area contributed by atoms with Gasteiger partial charge in [-0.2, -0.15) is 0 Å². The smallest absolute Gasteiger partial charge is 0.124 e. The quantitative estimate of drug-likeness (QED) is 0.905. The molecule has 2 heterocycles. The van der Waals surface area contributed by atoms with E-state index in [-0.39, 0.29) is 12.6 Å². The minimum absolute atomic E-state index is 0.236. The van der Waals surface area contributed by atoms with Crippen molar-refractivity contribution in [2.75, 3.05) is 39.3 Å². The third kappa shape index (κ3) is 3.21. The largest absolute Gasteiger partial charge is 0.395 e. The highest BCUT2D eigenvalue weighted by molar-refractivity contribution is 6.31. The lowest BCUT2D eigenvalue weighted by atomic mass is 10.2. The number of H-pyrrole nitrogens is 1. The summed E-state index contributed by atoms with van der Waals surface area (Å²) < 4.78 is 0. The Morgan fingerprint density at radius 1 is 1.33 bits per heavy atom. The molecule has 0 radical (unpaired) electrons. The monoisotopic (exact) mass is 308 g/mol. The van der Waals surface area contributed by atoms with Gasteiger partial charge in [-0.15, -0.1) is 0 Å². The molecule has 1 aliphatic rings. The third-order valence-corrected chi connectivity index (χ3v) is 4.46.